The normalized spacial score (nSPS) is 28.3. The van der Waals surface area contributed by atoms with Crippen LogP contribution in [0.25, 0.3) is 0 Å². The van der Waals surface area contributed by atoms with Crippen molar-refractivity contribution in [2.45, 2.75) is 5.25 Å². The van der Waals surface area contributed by atoms with E-state index in [1.54, 1.807) is 0 Å². The summed E-state index contributed by atoms with van der Waals surface area (Å²) in [7, 11) is 1.95. The van der Waals surface area contributed by atoms with Crippen LogP contribution in [-0.4, -0.2) is 47.1 Å². The van der Waals surface area contributed by atoms with Crippen molar-refractivity contribution in [3.63, 3.8) is 0 Å². The first-order valence-corrected chi connectivity index (χ1v) is 4.28. The molecule has 1 rings (SSSR count). The fourth-order valence-electron chi connectivity index (χ4n) is 0.927. The van der Waals surface area contributed by atoms with Crippen molar-refractivity contribution in [2.24, 2.45) is 0 Å². The molecule has 1 fully saturated rings. The largest absolute Gasteiger partial charge is 0.480 e. The first-order chi connectivity index (χ1) is 4.70. The Bertz CT molecular complexity index is 140. The molecule has 0 bridgehead atoms. The van der Waals surface area contributed by atoms with Gasteiger partial charge in [-0.25, -0.2) is 0 Å². The van der Waals surface area contributed by atoms with E-state index in [9.17, 15) is 4.79 Å². The van der Waals surface area contributed by atoms with Crippen LogP contribution in [0, 0.1) is 0 Å². The second-order valence-electron chi connectivity index (χ2n) is 2.46. The van der Waals surface area contributed by atoms with Gasteiger partial charge in [0.2, 0.25) is 0 Å². The molecule has 1 N–H and O–H groups in total. The van der Waals surface area contributed by atoms with Crippen LogP contribution in [0.2, 0.25) is 0 Å². The summed E-state index contributed by atoms with van der Waals surface area (Å²) in [5.74, 6) is 0.254. The van der Waals surface area contributed by atoms with Crippen molar-refractivity contribution >= 4 is 17.7 Å². The predicted octanol–water partition coefficient (Wildman–Crippen LogP) is 0.118. The van der Waals surface area contributed by atoms with Crippen LogP contribution in [0.15, 0.2) is 0 Å². The van der Waals surface area contributed by atoms with E-state index in [-0.39, 0.29) is 5.25 Å². The van der Waals surface area contributed by atoms with Gasteiger partial charge in [0.05, 0.1) is 0 Å². The molecule has 1 heterocycles. The van der Waals surface area contributed by atoms with Crippen LogP contribution in [0.3, 0.4) is 0 Å². The summed E-state index contributed by atoms with van der Waals surface area (Å²) in [5.41, 5.74) is 0. The molecule has 0 aliphatic carbocycles. The minimum Gasteiger partial charge on any atom is -0.480 e. The van der Waals surface area contributed by atoms with Gasteiger partial charge >= 0.3 is 5.97 Å². The lowest BCUT2D eigenvalue weighted by Crippen LogP contribution is -2.38. The van der Waals surface area contributed by atoms with Gasteiger partial charge in [-0.3, -0.25) is 4.79 Å². The highest BCUT2D eigenvalue weighted by atomic mass is 32.2. The fourth-order valence-corrected chi connectivity index (χ4v) is 2.13. The summed E-state index contributed by atoms with van der Waals surface area (Å²) in [4.78, 5) is 12.5. The molecule has 0 aromatic rings. The van der Waals surface area contributed by atoms with Crippen molar-refractivity contribution in [2.75, 3.05) is 25.9 Å². The number of nitrogens with zero attached hydrogens (tertiary/aromatic N) is 1. The highest BCUT2D eigenvalue weighted by Gasteiger charge is 2.23. The Kier molecular flexibility index (Phi) is 2.56. The third-order valence-corrected chi connectivity index (χ3v) is 2.72. The number of carboxylic acid groups (broad SMARTS) is 1. The minimum atomic E-state index is -0.684. The Morgan fingerprint density at radius 2 is 2.50 bits per heavy atom. The molecule has 0 saturated carbocycles. The molecule has 0 amide bonds. The zero-order valence-electron chi connectivity index (χ0n) is 5.91. The summed E-state index contributed by atoms with van der Waals surface area (Å²) < 4.78 is 0. The van der Waals surface area contributed by atoms with Gasteiger partial charge in [-0.2, -0.15) is 0 Å². The van der Waals surface area contributed by atoms with Gasteiger partial charge in [0.25, 0.3) is 0 Å². The van der Waals surface area contributed by atoms with Crippen LogP contribution >= 0.6 is 11.8 Å². The fraction of sp³-hybridized carbons (Fsp3) is 0.833. The first kappa shape index (κ1) is 7.88. The number of thioether (sulfide) groups is 1. The van der Waals surface area contributed by atoms with E-state index < -0.39 is 5.97 Å². The van der Waals surface area contributed by atoms with Gasteiger partial charge in [0.1, 0.15) is 5.25 Å². The van der Waals surface area contributed by atoms with E-state index in [1.807, 2.05) is 7.05 Å². The quantitative estimate of drug-likeness (QED) is 0.593. The summed E-state index contributed by atoms with van der Waals surface area (Å²) in [5, 5.41) is 8.40. The number of carboxylic acids is 1. The van der Waals surface area contributed by atoms with Crippen molar-refractivity contribution in [3.8, 4) is 0 Å². The van der Waals surface area contributed by atoms with Gasteiger partial charge < -0.3 is 10.0 Å². The van der Waals surface area contributed by atoms with E-state index in [2.05, 4.69) is 4.90 Å². The average Bonchev–Trinajstić information content (AvgIpc) is 1.88. The standard InChI is InChI=1S/C6H11NO2S/c1-7-2-3-10-5(4-7)6(8)9/h5H,2-4H2,1H3,(H,8,9). The Balaban J connectivity index is 2.39. The van der Waals surface area contributed by atoms with Gasteiger partial charge in [0, 0.05) is 18.8 Å². The zero-order chi connectivity index (χ0) is 7.56. The molecule has 0 radical (unpaired) electrons. The number of hydrogen-bond donors (Lipinski definition) is 1. The molecule has 4 heteroatoms. The molecule has 1 aliphatic heterocycles. The topological polar surface area (TPSA) is 40.5 Å². The minimum absolute atomic E-state index is 0.209. The van der Waals surface area contributed by atoms with Gasteiger partial charge in [-0.1, -0.05) is 0 Å². The maximum absolute atomic E-state index is 10.5. The third kappa shape index (κ3) is 1.88. The van der Waals surface area contributed by atoms with Gasteiger partial charge in [0.15, 0.2) is 0 Å². The Labute approximate surface area is 64.4 Å². The van der Waals surface area contributed by atoms with Crippen molar-refractivity contribution in [1.29, 1.82) is 0 Å². The number of aliphatic carboxylic acids is 1. The maximum atomic E-state index is 10.5. The lowest BCUT2D eigenvalue weighted by atomic mass is 10.4. The SMILES string of the molecule is CN1CCSC(C(=O)O)C1. The van der Waals surface area contributed by atoms with E-state index >= 15 is 0 Å². The first-order valence-electron chi connectivity index (χ1n) is 3.23. The summed E-state index contributed by atoms with van der Waals surface area (Å²) >= 11 is 1.53. The Morgan fingerprint density at radius 3 is 2.90 bits per heavy atom. The molecule has 1 unspecified atom stereocenters. The van der Waals surface area contributed by atoms with Crippen LogP contribution in [0.4, 0.5) is 0 Å². The van der Waals surface area contributed by atoms with Crippen molar-refractivity contribution < 1.29 is 9.90 Å². The third-order valence-electron chi connectivity index (χ3n) is 1.54. The Morgan fingerprint density at radius 1 is 1.80 bits per heavy atom. The van der Waals surface area contributed by atoms with Crippen LogP contribution in [0.1, 0.15) is 0 Å². The lowest BCUT2D eigenvalue weighted by molar-refractivity contribution is -0.136. The summed E-state index contributed by atoms with van der Waals surface area (Å²) in [6.07, 6.45) is 0. The van der Waals surface area contributed by atoms with Crippen LogP contribution < -0.4 is 0 Å². The van der Waals surface area contributed by atoms with Crippen molar-refractivity contribution in [1.82, 2.24) is 4.90 Å². The maximum Gasteiger partial charge on any atom is 0.317 e. The zero-order valence-corrected chi connectivity index (χ0v) is 6.73. The van der Waals surface area contributed by atoms with Gasteiger partial charge in [-0.15, -0.1) is 11.8 Å². The average molecular weight is 161 g/mol. The van der Waals surface area contributed by atoms with E-state index in [0.717, 1.165) is 12.3 Å². The predicted molar refractivity (Wildman–Crippen MR) is 41.4 cm³/mol. The smallest absolute Gasteiger partial charge is 0.317 e. The van der Waals surface area contributed by atoms with Gasteiger partial charge in [-0.05, 0) is 7.05 Å². The molecule has 1 saturated heterocycles. The molecule has 1 aliphatic rings. The molecule has 3 nitrogen and oxygen atoms in total. The summed E-state index contributed by atoms with van der Waals surface area (Å²) in [6, 6.07) is 0. The molecular formula is C6H11NO2S. The molecule has 58 valence electrons. The lowest BCUT2D eigenvalue weighted by Gasteiger charge is -2.26. The van der Waals surface area contributed by atoms with E-state index in [4.69, 9.17) is 5.11 Å². The Hall–Kier alpha value is -0.220. The second kappa shape index (κ2) is 3.25. The second-order valence-corrected chi connectivity index (χ2v) is 3.77. The van der Waals surface area contributed by atoms with Crippen LogP contribution in [-0.2, 0) is 4.79 Å². The molecule has 0 aromatic heterocycles. The number of rotatable bonds is 1. The van der Waals surface area contributed by atoms with Crippen LogP contribution in [0.5, 0.6) is 0 Å². The molecule has 0 spiro atoms. The monoisotopic (exact) mass is 161 g/mol. The number of hydrogen-bond acceptors (Lipinski definition) is 3. The highest BCUT2D eigenvalue weighted by Crippen LogP contribution is 2.16. The highest BCUT2D eigenvalue weighted by molar-refractivity contribution is 8.00. The molecule has 10 heavy (non-hydrogen) atoms. The van der Waals surface area contributed by atoms with E-state index in [0.29, 0.717) is 6.54 Å². The molecular weight excluding hydrogens is 150 g/mol. The number of carbonyl (C=O) groups is 1. The summed E-state index contributed by atoms with van der Waals surface area (Å²) in [6.45, 7) is 1.69. The molecule has 1 atom stereocenters. The van der Waals surface area contributed by atoms with E-state index in [1.165, 1.54) is 11.8 Å². The molecule has 0 aromatic carbocycles. The van der Waals surface area contributed by atoms with Crippen molar-refractivity contribution in [3.05, 3.63) is 0 Å².